The highest BCUT2D eigenvalue weighted by Crippen LogP contribution is 2.33. The number of hydrogen-bond acceptors (Lipinski definition) is 8. The highest BCUT2D eigenvalue weighted by atomic mass is 32.2. The van der Waals surface area contributed by atoms with Crippen LogP contribution in [0.3, 0.4) is 0 Å². The van der Waals surface area contributed by atoms with Gasteiger partial charge in [0, 0.05) is 34.7 Å². The van der Waals surface area contributed by atoms with Gasteiger partial charge in [0.25, 0.3) is 0 Å². The van der Waals surface area contributed by atoms with Gasteiger partial charge in [-0.2, -0.15) is 5.10 Å². The molecule has 0 unspecified atom stereocenters. The van der Waals surface area contributed by atoms with Gasteiger partial charge in [0.15, 0.2) is 23.2 Å². The minimum atomic E-state index is -0.723. The Morgan fingerprint density at radius 1 is 1.16 bits per heavy atom. The predicted molar refractivity (Wildman–Crippen MR) is 174 cm³/mol. The van der Waals surface area contributed by atoms with E-state index in [0.29, 0.717) is 27.9 Å². The molecular formula is C31H37F3N6O3S. The van der Waals surface area contributed by atoms with E-state index < -0.39 is 17.4 Å². The van der Waals surface area contributed by atoms with Crippen LogP contribution in [-0.4, -0.2) is 39.2 Å². The predicted octanol–water partition coefficient (Wildman–Crippen LogP) is 8.38. The third kappa shape index (κ3) is 8.47. The van der Waals surface area contributed by atoms with Crippen LogP contribution in [0.15, 0.2) is 65.8 Å². The molecule has 0 aliphatic carbocycles. The van der Waals surface area contributed by atoms with Gasteiger partial charge in [-0.1, -0.05) is 46.2 Å². The van der Waals surface area contributed by atoms with Gasteiger partial charge in [0.2, 0.25) is 5.78 Å². The lowest BCUT2D eigenvalue weighted by Gasteiger charge is -2.10. The van der Waals surface area contributed by atoms with E-state index in [0.717, 1.165) is 18.2 Å². The minimum absolute atomic E-state index is 0.0206. The number of benzene rings is 2. The number of rotatable bonds is 10. The Morgan fingerprint density at radius 3 is 2.50 bits per heavy atom. The second-order valence-corrected chi connectivity index (χ2v) is 9.20. The van der Waals surface area contributed by atoms with Gasteiger partial charge >= 0.3 is 0 Å². The average molecular weight is 631 g/mol. The van der Waals surface area contributed by atoms with Crippen molar-refractivity contribution in [3.05, 3.63) is 83.7 Å². The summed E-state index contributed by atoms with van der Waals surface area (Å²) in [5, 5.41) is 4.82. The summed E-state index contributed by atoms with van der Waals surface area (Å²) in [5.74, 6) is -1.94. The number of H-pyrrole nitrogens is 1. The van der Waals surface area contributed by atoms with Gasteiger partial charge in [0.05, 0.1) is 35.4 Å². The van der Waals surface area contributed by atoms with Crippen LogP contribution >= 0.6 is 11.9 Å². The van der Waals surface area contributed by atoms with E-state index in [2.05, 4.69) is 31.3 Å². The first-order valence-electron chi connectivity index (χ1n) is 13.8. The van der Waals surface area contributed by atoms with Crippen molar-refractivity contribution in [3.63, 3.8) is 0 Å². The molecule has 0 amide bonds. The summed E-state index contributed by atoms with van der Waals surface area (Å²) in [4.78, 5) is 24.5. The van der Waals surface area contributed by atoms with Crippen molar-refractivity contribution >= 4 is 51.7 Å². The molecule has 0 saturated heterocycles. The molecule has 0 saturated carbocycles. The molecule has 236 valence electrons. The number of aliphatic imine (C=N–C) groups is 1. The van der Waals surface area contributed by atoms with E-state index in [1.54, 1.807) is 31.4 Å². The van der Waals surface area contributed by atoms with Crippen molar-refractivity contribution in [2.75, 3.05) is 23.3 Å². The Labute approximate surface area is 259 Å². The molecule has 13 heteroatoms. The number of nitrogens with one attached hydrogen (secondary N) is 2. The van der Waals surface area contributed by atoms with Crippen molar-refractivity contribution in [1.29, 1.82) is 0 Å². The zero-order valence-corrected chi connectivity index (χ0v) is 26.5. The van der Waals surface area contributed by atoms with E-state index in [1.165, 1.54) is 35.8 Å². The van der Waals surface area contributed by atoms with Gasteiger partial charge in [0.1, 0.15) is 11.6 Å². The molecule has 44 heavy (non-hydrogen) atoms. The molecule has 2 aromatic heterocycles. The van der Waals surface area contributed by atoms with Crippen LogP contribution in [0.1, 0.15) is 57.6 Å². The molecule has 0 fully saturated rings. The van der Waals surface area contributed by atoms with Crippen molar-refractivity contribution in [3.8, 4) is 11.5 Å². The number of carbonyl (C=O) groups excluding carboxylic acids is 1. The molecule has 9 nitrogen and oxygen atoms in total. The lowest BCUT2D eigenvalue weighted by atomic mass is 10.1. The third-order valence-electron chi connectivity index (χ3n) is 5.73. The van der Waals surface area contributed by atoms with Crippen LogP contribution in [0.25, 0.3) is 16.6 Å². The smallest absolute Gasteiger partial charge is 0.214 e. The normalized spacial score (nSPS) is 11.2. The number of nitrogens with zero attached hydrogens (tertiary/aromatic N) is 3. The number of ether oxygens (including phenoxy) is 1. The number of ketones is 1. The van der Waals surface area contributed by atoms with Gasteiger partial charge < -0.3 is 20.2 Å². The molecule has 4 aromatic rings. The molecule has 2 aromatic carbocycles. The number of aromatic amines is 1. The molecule has 0 radical (unpaired) electrons. The standard InChI is InChI=1S/C27H25F3N6O3S.2C2H6/c1-14(2)23(7-8-32-15(3)38-24-11-17(28)5-6-19(24)29)36-27(31)18(13-33-36)26(37)22-9-16-10-25(39-30)21(35-40-4)12-20(16)34-22;2*1-2/h5-7,9-13,34-35H,1,8,31H2,2-4H3;2*1-2H3. The first kappa shape index (κ1) is 35.5. The Kier molecular flexibility index (Phi) is 13.6. The largest absolute Gasteiger partial charge is 0.440 e. The summed E-state index contributed by atoms with van der Waals surface area (Å²) >= 11 is 1.26. The molecule has 0 spiro atoms. The van der Waals surface area contributed by atoms with Crippen molar-refractivity contribution in [1.82, 2.24) is 14.8 Å². The maximum atomic E-state index is 13.8. The van der Waals surface area contributed by atoms with E-state index in [1.807, 2.05) is 27.7 Å². The average Bonchev–Trinajstić information content (AvgIpc) is 3.61. The monoisotopic (exact) mass is 630 g/mol. The number of nitrogen functional groups attached to an aromatic ring is 1. The summed E-state index contributed by atoms with van der Waals surface area (Å²) in [6.07, 6.45) is 4.76. The quantitative estimate of drug-likeness (QED) is 0.0529. The fourth-order valence-corrected chi connectivity index (χ4v) is 4.23. The van der Waals surface area contributed by atoms with E-state index in [-0.39, 0.29) is 41.0 Å². The Hall–Kier alpha value is -4.65. The number of anilines is 2. The molecule has 0 aliphatic rings. The van der Waals surface area contributed by atoms with Gasteiger partial charge in [-0.25, -0.2) is 13.5 Å². The van der Waals surface area contributed by atoms with E-state index >= 15 is 0 Å². The topological polar surface area (TPSA) is 120 Å². The summed E-state index contributed by atoms with van der Waals surface area (Å²) in [6.45, 7) is 15.2. The Bertz CT molecular complexity index is 1660. The number of aromatic nitrogens is 3. The summed E-state index contributed by atoms with van der Waals surface area (Å²) in [7, 11) is 0. The lowest BCUT2D eigenvalue weighted by molar-refractivity contribution is -0.00504. The second kappa shape index (κ2) is 16.8. The molecule has 4 N–H and O–H groups in total. The number of halogens is 3. The number of carbonyl (C=O) groups is 1. The SMILES string of the molecule is C=C(C)C(=CCN=C(C)Oc1cc(F)ccc1F)n1ncc(C(=O)c2cc3cc(OF)c(NSC)cc3[nH]2)c1N.CC.CC. The number of hydrogen-bond donors (Lipinski definition) is 3. The van der Waals surface area contributed by atoms with Gasteiger partial charge in [-0.15, -0.1) is 0 Å². The van der Waals surface area contributed by atoms with Gasteiger partial charge in [-0.05, 0) is 48.9 Å². The highest BCUT2D eigenvalue weighted by Gasteiger charge is 2.21. The summed E-state index contributed by atoms with van der Waals surface area (Å²) < 4.78 is 49.8. The van der Waals surface area contributed by atoms with Crippen LogP contribution in [0.4, 0.5) is 24.8 Å². The van der Waals surface area contributed by atoms with Crippen LogP contribution in [0, 0.1) is 11.6 Å². The zero-order chi connectivity index (χ0) is 33.0. The molecular weight excluding hydrogens is 593 g/mol. The zero-order valence-electron chi connectivity index (χ0n) is 25.7. The minimum Gasteiger partial charge on any atom is -0.440 e. The van der Waals surface area contributed by atoms with Crippen molar-refractivity contribution < 1.29 is 27.8 Å². The van der Waals surface area contributed by atoms with E-state index in [9.17, 15) is 18.1 Å². The van der Waals surface area contributed by atoms with Crippen molar-refractivity contribution in [2.24, 2.45) is 4.99 Å². The Morgan fingerprint density at radius 2 is 1.86 bits per heavy atom. The lowest BCUT2D eigenvalue weighted by Crippen LogP contribution is -2.10. The molecule has 0 atom stereocenters. The maximum Gasteiger partial charge on any atom is 0.214 e. The van der Waals surface area contributed by atoms with Crippen LogP contribution < -0.4 is 20.1 Å². The summed E-state index contributed by atoms with van der Waals surface area (Å²) in [5.41, 5.74) is 8.70. The third-order valence-corrected chi connectivity index (χ3v) is 6.15. The maximum absolute atomic E-state index is 13.8. The molecule has 0 bridgehead atoms. The highest BCUT2D eigenvalue weighted by molar-refractivity contribution is 7.99. The second-order valence-electron chi connectivity index (χ2n) is 8.59. The first-order chi connectivity index (χ1) is 21.1. The van der Waals surface area contributed by atoms with E-state index in [4.69, 9.17) is 10.5 Å². The molecule has 2 heterocycles. The fraction of sp³-hybridized carbons (Fsp3) is 0.258. The summed E-state index contributed by atoms with van der Waals surface area (Å²) in [6, 6.07) is 7.52. The molecule has 0 aliphatic heterocycles. The first-order valence-corrected chi connectivity index (χ1v) is 15.0. The Balaban J connectivity index is 0.00000162. The fourth-order valence-electron chi connectivity index (χ4n) is 3.85. The van der Waals surface area contributed by atoms with Crippen LogP contribution in [0.5, 0.6) is 11.5 Å². The number of fused-ring (bicyclic) bond motifs is 1. The molecule has 4 rings (SSSR count). The van der Waals surface area contributed by atoms with Crippen LogP contribution in [0.2, 0.25) is 0 Å². The van der Waals surface area contributed by atoms with Gasteiger partial charge in [-0.3, -0.25) is 14.7 Å². The number of nitrogens with two attached hydrogens (primary N) is 1. The van der Waals surface area contributed by atoms with Crippen LogP contribution in [-0.2, 0) is 0 Å². The van der Waals surface area contributed by atoms with Crippen molar-refractivity contribution in [2.45, 2.75) is 41.5 Å². The number of allylic oxidation sites excluding steroid dienone is 2.